The van der Waals surface area contributed by atoms with Crippen molar-refractivity contribution in [2.24, 2.45) is 0 Å². The molecule has 0 aromatic carbocycles. The average Bonchev–Trinajstić information content (AvgIpc) is 1.94. The SMILES string of the molecule is CC(C)N(CC[S+]=P(C)(O)O)C(C)C. The van der Waals surface area contributed by atoms with Gasteiger partial charge in [-0.05, 0) is 27.7 Å². The van der Waals surface area contributed by atoms with Crippen molar-refractivity contribution in [3.8, 4) is 0 Å². The van der Waals surface area contributed by atoms with Crippen LogP contribution in [0.15, 0.2) is 0 Å². The molecule has 14 heavy (non-hydrogen) atoms. The molecular formula is C9H23NO2PS+. The molecule has 0 bridgehead atoms. The highest BCUT2D eigenvalue weighted by Crippen LogP contribution is 2.31. The summed E-state index contributed by atoms with van der Waals surface area (Å²) in [6.07, 6.45) is 0. The van der Waals surface area contributed by atoms with Crippen molar-refractivity contribution in [2.45, 2.75) is 39.8 Å². The van der Waals surface area contributed by atoms with Gasteiger partial charge in [0.05, 0.1) is 13.2 Å². The maximum Gasteiger partial charge on any atom is 0.367 e. The highest BCUT2D eigenvalue weighted by atomic mass is 32.5. The molecule has 0 aliphatic rings. The Kier molecular flexibility index (Phi) is 6.42. The predicted molar refractivity (Wildman–Crippen MR) is 66.5 cm³/mol. The van der Waals surface area contributed by atoms with Gasteiger partial charge >= 0.3 is 6.49 Å². The van der Waals surface area contributed by atoms with Crippen LogP contribution in [0.5, 0.6) is 0 Å². The molecule has 0 aliphatic carbocycles. The van der Waals surface area contributed by atoms with E-state index >= 15 is 0 Å². The van der Waals surface area contributed by atoms with E-state index in [1.807, 2.05) is 0 Å². The third-order valence-corrected chi connectivity index (χ3v) is 4.88. The fraction of sp³-hybridized carbons (Fsp3) is 1.00. The summed E-state index contributed by atoms with van der Waals surface area (Å²) in [4.78, 5) is 20.8. The molecule has 0 unspecified atom stereocenters. The Hall–Kier alpha value is 0.530. The van der Waals surface area contributed by atoms with Gasteiger partial charge in [0.1, 0.15) is 0 Å². The number of hydrogen-bond donors (Lipinski definition) is 2. The Morgan fingerprint density at radius 3 is 1.86 bits per heavy atom. The molecule has 0 atom stereocenters. The van der Waals surface area contributed by atoms with E-state index in [9.17, 15) is 9.79 Å². The van der Waals surface area contributed by atoms with E-state index in [2.05, 4.69) is 32.6 Å². The molecule has 0 heterocycles. The zero-order chi connectivity index (χ0) is 11.4. The van der Waals surface area contributed by atoms with Crippen molar-refractivity contribution in [2.75, 3.05) is 19.0 Å². The lowest BCUT2D eigenvalue weighted by Crippen LogP contribution is -2.38. The van der Waals surface area contributed by atoms with Crippen LogP contribution < -0.4 is 0 Å². The van der Waals surface area contributed by atoms with Crippen LogP contribution in [0.4, 0.5) is 0 Å². The van der Waals surface area contributed by atoms with Gasteiger partial charge in [0, 0.05) is 12.1 Å². The van der Waals surface area contributed by atoms with Gasteiger partial charge < -0.3 is 9.79 Å². The summed E-state index contributed by atoms with van der Waals surface area (Å²) in [5, 5.41) is 0. The van der Waals surface area contributed by atoms with Gasteiger partial charge in [0.25, 0.3) is 0 Å². The van der Waals surface area contributed by atoms with Crippen LogP contribution >= 0.6 is 6.49 Å². The van der Waals surface area contributed by atoms with Crippen LogP contribution in [0.1, 0.15) is 27.7 Å². The first-order valence-electron chi connectivity index (χ1n) is 4.96. The minimum atomic E-state index is -2.64. The zero-order valence-electron chi connectivity index (χ0n) is 9.77. The van der Waals surface area contributed by atoms with E-state index in [-0.39, 0.29) is 0 Å². The second-order valence-electron chi connectivity index (χ2n) is 4.09. The molecule has 2 N–H and O–H groups in total. The second-order valence-corrected chi connectivity index (χ2v) is 9.28. The van der Waals surface area contributed by atoms with Crippen LogP contribution in [0.2, 0.25) is 0 Å². The Balaban J connectivity index is 4.09. The average molecular weight is 240 g/mol. The second kappa shape index (κ2) is 6.19. The van der Waals surface area contributed by atoms with Crippen LogP contribution in [0.25, 0.3) is 0 Å². The van der Waals surface area contributed by atoms with E-state index in [1.54, 1.807) is 0 Å². The van der Waals surface area contributed by atoms with E-state index in [0.717, 1.165) is 12.3 Å². The van der Waals surface area contributed by atoms with Gasteiger partial charge in [-0.3, -0.25) is 4.90 Å². The monoisotopic (exact) mass is 240 g/mol. The molecule has 0 amide bonds. The van der Waals surface area contributed by atoms with E-state index in [1.165, 1.54) is 17.6 Å². The molecule has 0 fully saturated rings. The molecule has 0 spiro atoms. The summed E-state index contributed by atoms with van der Waals surface area (Å²) in [7, 11) is 1.28. The molecule has 3 nitrogen and oxygen atoms in total. The predicted octanol–water partition coefficient (Wildman–Crippen LogP) is 1.56. The Labute approximate surface area is 91.3 Å². The number of hydrogen-bond acceptors (Lipinski definition) is 1. The van der Waals surface area contributed by atoms with Crippen LogP contribution in [-0.4, -0.2) is 45.7 Å². The molecule has 5 heteroatoms. The number of nitrogens with zero attached hydrogens (tertiary/aromatic N) is 1. The first-order valence-corrected chi connectivity index (χ1v) is 8.69. The Morgan fingerprint density at radius 1 is 1.14 bits per heavy atom. The van der Waals surface area contributed by atoms with Gasteiger partial charge in [-0.2, -0.15) is 0 Å². The van der Waals surface area contributed by atoms with Gasteiger partial charge in [0.2, 0.25) is 10.9 Å². The first-order chi connectivity index (χ1) is 6.24. The molecule has 0 aromatic rings. The molecule has 0 radical (unpaired) electrons. The molecule has 0 rings (SSSR count). The first kappa shape index (κ1) is 14.5. The lowest BCUT2D eigenvalue weighted by atomic mass is 10.2. The fourth-order valence-electron chi connectivity index (χ4n) is 1.43. The molecule has 0 aliphatic heterocycles. The Bertz CT molecular complexity index is 197. The van der Waals surface area contributed by atoms with E-state index in [4.69, 9.17) is 0 Å². The summed E-state index contributed by atoms with van der Waals surface area (Å²) < 4.78 is 0. The van der Waals surface area contributed by atoms with Crippen molar-refractivity contribution in [1.82, 2.24) is 4.90 Å². The maximum absolute atomic E-state index is 9.22. The molecular weight excluding hydrogens is 217 g/mol. The van der Waals surface area contributed by atoms with Crippen molar-refractivity contribution < 1.29 is 9.79 Å². The minimum absolute atomic E-state index is 0.512. The smallest absolute Gasteiger partial charge is 0.312 e. The van der Waals surface area contributed by atoms with Gasteiger partial charge in [-0.15, -0.1) is 0 Å². The standard InChI is InChI=1S/C9H23NO2PS/c1-8(2)10(9(3)4)6-7-14-13(5,11)12/h8-9,11-12H,6-7H2,1-5H3/q+1. The summed E-state index contributed by atoms with van der Waals surface area (Å²) >= 11 is 0. The van der Waals surface area contributed by atoms with Crippen LogP contribution in [0, 0.1) is 0 Å². The normalized spacial score (nSPS) is 13.0. The van der Waals surface area contributed by atoms with Crippen molar-refractivity contribution >= 4 is 17.4 Å². The molecule has 0 saturated carbocycles. The molecule has 0 saturated heterocycles. The number of rotatable bonds is 5. The highest BCUT2D eigenvalue weighted by Gasteiger charge is 2.18. The van der Waals surface area contributed by atoms with Crippen molar-refractivity contribution in [3.63, 3.8) is 0 Å². The minimum Gasteiger partial charge on any atom is -0.312 e. The summed E-state index contributed by atoms with van der Waals surface area (Å²) in [6, 6.07) is 1.02. The zero-order valence-corrected chi connectivity index (χ0v) is 11.5. The van der Waals surface area contributed by atoms with E-state index in [0.29, 0.717) is 12.1 Å². The maximum atomic E-state index is 9.22. The summed E-state index contributed by atoms with van der Waals surface area (Å²) in [6.45, 7) is 8.43. The topological polar surface area (TPSA) is 43.7 Å². The van der Waals surface area contributed by atoms with Crippen LogP contribution in [0.3, 0.4) is 0 Å². The van der Waals surface area contributed by atoms with Gasteiger partial charge in [-0.1, -0.05) is 0 Å². The molecule has 86 valence electrons. The quantitative estimate of drug-likeness (QED) is 0.566. The summed E-state index contributed by atoms with van der Waals surface area (Å²) in [5.41, 5.74) is 0. The van der Waals surface area contributed by atoms with Crippen LogP contribution in [-0.2, 0) is 10.9 Å². The van der Waals surface area contributed by atoms with Crippen molar-refractivity contribution in [1.29, 1.82) is 0 Å². The third kappa shape index (κ3) is 6.91. The van der Waals surface area contributed by atoms with Gasteiger partial charge in [-0.25, -0.2) is 0 Å². The summed E-state index contributed by atoms with van der Waals surface area (Å²) in [5.74, 6) is 0.785. The lowest BCUT2D eigenvalue weighted by molar-refractivity contribution is 0.187. The lowest BCUT2D eigenvalue weighted by Gasteiger charge is -2.28. The third-order valence-electron chi connectivity index (χ3n) is 2.01. The molecule has 0 aromatic heterocycles. The highest BCUT2D eigenvalue weighted by molar-refractivity contribution is 8.18. The van der Waals surface area contributed by atoms with E-state index < -0.39 is 6.49 Å². The van der Waals surface area contributed by atoms with Gasteiger partial charge in [0.15, 0.2) is 5.75 Å². The Morgan fingerprint density at radius 2 is 1.57 bits per heavy atom. The largest absolute Gasteiger partial charge is 0.367 e. The fourth-order valence-corrected chi connectivity index (χ4v) is 3.35. The van der Waals surface area contributed by atoms with Crippen molar-refractivity contribution in [3.05, 3.63) is 0 Å².